The summed E-state index contributed by atoms with van der Waals surface area (Å²) in [4.78, 5) is 27.0. The van der Waals surface area contributed by atoms with Crippen LogP contribution in [-0.2, 0) is 9.59 Å². The van der Waals surface area contributed by atoms with E-state index >= 15 is 0 Å². The van der Waals surface area contributed by atoms with E-state index < -0.39 is 5.54 Å². The maximum Gasteiger partial charge on any atom is 0.246 e. The molecule has 4 nitrogen and oxygen atoms in total. The van der Waals surface area contributed by atoms with Crippen molar-refractivity contribution in [1.82, 2.24) is 10.2 Å². The molecule has 0 radical (unpaired) electrons. The van der Waals surface area contributed by atoms with Crippen LogP contribution in [0.1, 0.15) is 71.6 Å². The number of hydrogen-bond acceptors (Lipinski definition) is 2. The van der Waals surface area contributed by atoms with Crippen LogP contribution >= 0.6 is 0 Å². The summed E-state index contributed by atoms with van der Waals surface area (Å²) in [5, 5.41) is 2.89. The van der Waals surface area contributed by atoms with Crippen molar-refractivity contribution in [2.75, 3.05) is 6.54 Å². The first-order valence-corrected chi connectivity index (χ1v) is 8.24. The summed E-state index contributed by atoms with van der Waals surface area (Å²) < 4.78 is 0. The summed E-state index contributed by atoms with van der Waals surface area (Å²) >= 11 is 0. The normalized spacial score (nSPS) is 25.9. The van der Waals surface area contributed by atoms with E-state index in [-0.39, 0.29) is 17.9 Å². The van der Waals surface area contributed by atoms with Gasteiger partial charge in [-0.25, -0.2) is 0 Å². The molecule has 4 heteroatoms. The Morgan fingerprint density at radius 2 is 1.85 bits per heavy atom. The van der Waals surface area contributed by atoms with Crippen LogP contribution < -0.4 is 5.32 Å². The molecule has 1 aliphatic carbocycles. The van der Waals surface area contributed by atoms with Crippen LogP contribution in [-0.4, -0.2) is 34.8 Å². The second-order valence-electron chi connectivity index (χ2n) is 6.34. The molecular formula is C16H28N2O2. The molecule has 1 unspecified atom stereocenters. The molecule has 2 fully saturated rings. The topological polar surface area (TPSA) is 49.4 Å². The van der Waals surface area contributed by atoms with Gasteiger partial charge in [0.2, 0.25) is 11.8 Å². The lowest BCUT2D eigenvalue weighted by Gasteiger charge is -2.49. The largest absolute Gasteiger partial charge is 0.343 e. The van der Waals surface area contributed by atoms with E-state index in [4.69, 9.17) is 0 Å². The van der Waals surface area contributed by atoms with Crippen molar-refractivity contribution < 1.29 is 9.59 Å². The van der Waals surface area contributed by atoms with E-state index in [0.717, 1.165) is 45.1 Å². The van der Waals surface area contributed by atoms with Crippen LogP contribution in [0.5, 0.6) is 0 Å². The second-order valence-corrected chi connectivity index (χ2v) is 6.34. The van der Waals surface area contributed by atoms with Gasteiger partial charge in [0, 0.05) is 6.54 Å². The van der Waals surface area contributed by atoms with Crippen molar-refractivity contribution in [1.29, 1.82) is 0 Å². The highest BCUT2D eigenvalue weighted by Gasteiger charge is 2.51. The molecule has 20 heavy (non-hydrogen) atoms. The van der Waals surface area contributed by atoms with Crippen molar-refractivity contribution >= 4 is 11.8 Å². The standard InChI is InChI=1S/C16H28N2O2/c1-3-4-5-9-12-18-14(19)13(2)17-15(20)16(18)10-7-6-8-11-16/h13H,3-12H2,1-2H3,(H,17,20). The van der Waals surface area contributed by atoms with E-state index in [1.807, 2.05) is 4.90 Å². The van der Waals surface area contributed by atoms with Gasteiger partial charge in [0.15, 0.2) is 0 Å². The molecule has 0 bridgehead atoms. The average molecular weight is 280 g/mol. The van der Waals surface area contributed by atoms with E-state index in [2.05, 4.69) is 12.2 Å². The van der Waals surface area contributed by atoms with Gasteiger partial charge in [0.05, 0.1) is 0 Å². The predicted octanol–water partition coefficient (Wildman–Crippen LogP) is 2.62. The van der Waals surface area contributed by atoms with Crippen LogP contribution in [0.15, 0.2) is 0 Å². The summed E-state index contributed by atoms with van der Waals surface area (Å²) in [7, 11) is 0. The van der Waals surface area contributed by atoms with Gasteiger partial charge in [0.1, 0.15) is 11.6 Å². The van der Waals surface area contributed by atoms with Gasteiger partial charge < -0.3 is 10.2 Å². The molecule has 2 aliphatic rings. The first kappa shape index (κ1) is 15.3. The Hall–Kier alpha value is -1.06. The zero-order valence-corrected chi connectivity index (χ0v) is 12.9. The Morgan fingerprint density at radius 3 is 2.50 bits per heavy atom. The fourth-order valence-corrected chi connectivity index (χ4v) is 3.61. The van der Waals surface area contributed by atoms with E-state index in [1.165, 1.54) is 19.3 Å². The van der Waals surface area contributed by atoms with E-state index in [0.29, 0.717) is 0 Å². The monoisotopic (exact) mass is 280 g/mol. The maximum atomic E-state index is 12.5. The first-order valence-electron chi connectivity index (χ1n) is 8.24. The number of hydrogen-bond donors (Lipinski definition) is 1. The van der Waals surface area contributed by atoms with E-state index in [1.54, 1.807) is 6.92 Å². The number of nitrogens with one attached hydrogen (secondary N) is 1. The SMILES string of the molecule is CCCCCCN1C(=O)C(C)NC(=O)C12CCCCC2. The third-order valence-electron chi connectivity index (χ3n) is 4.84. The summed E-state index contributed by atoms with van der Waals surface area (Å²) in [5.74, 6) is 0.197. The summed E-state index contributed by atoms with van der Waals surface area (Å²) in [6.07, 6.45) is 9.53. The molecule has 1 atom stereocenters. The van der Waals surface area contributed by atoms with Crippen molar-refractivity contribution in [3.8, 4) is 0 Å². The van der Waals surface area contributed by atoms with Gasteiger partial charge in [0.25, 0.3) is 0 Å². The summed E-state index contributed by atoms with van der Waals surface area (Å²) in [5.41, 5.74) is -0.534. The highest BCUT2D eigenvalue weighted by Crippen LogP contribution is 2.36. The van der Waals surface area contributed by atoms with Gasteiger partial charge in [-0.2, -0.15) is 0 Å². The summed E-state index contributed by atoms with van der Waals surface area (Å²) in [6.45, 7) is 4.73. The Bertz CT molecular complexity index is 361. The van der Waals surface area contributed by atoms with Gasteiger partial charge in [-0.1, -0.05) is 45.4 Å². The smallest absolute Gasteiger partial charge is 0.246 e. The van der Waals surface area contributed by atoms with Gasteiger partial charge in [-0.15, -0.1) is 0 Å². The number of unbranched alkanes of at least 4 members (excludes halogenated alkanes) is 3. The molecule has 0 aromatic heterocycles. The number of nitrogens with zero attached hydrogens (tertiary/aromatic N) is 1. The minimum Gasteiger partial charge on any atom is -0.343 e. The zero-order valence-electron chi connectivity index (χ0n) is 12.9. The Kier molecular flexibility index (Phi) is 5.06. The van der Waals surface area contributed by atoms with Crippen LogP contribution in [0.3, 0.4) is 0 Å². The fraction of sp³-hybridized carbons (Fsp3) is 0.875. The molecule has 0 aromatic rings. The maximum absolute atomic E-state index is 12.5. The third kappa shape index (κ3) is 2.84. The number of piperazine rings is 1. The molecule has 1 N–H and O–H groups in total. The lowest BCUT2D eigenvalue weighted by atomic mass is 9.77. The number of amides is 2. The van der Waals surface area contributed by atoms with Gasteiger partial charge in [-0.05, 0) is 26.2 Å². The van der Waals surface area contributed by atoms with Crippen LogP contribution in [0, 0.1) is 0 Å². The van der Waals surface area contributed by atoms with Crippen molar-refractivity contribution in [3.63, 3.8) is 0 Å². The molecule has 2 amide bonds. The van der Waals surface area contributed by atoms with Gasteiger partial charge >= 0.3 is 0 Å². The summed E-state index contributed by atoms with van der Waals surface area (Å²) in [6, 6.07) is -0.360. The molecule has 1 heterocycles. The molecule has 1 saturated carbocycles. The molecular weight excluding hydrogens is 252 g/mol. The van der Waals surface area contributed by atoms with Crippen LogP contribution in [0.2, 0.25) is 0 Å². The molecule has 0 aromatic carbocycles. The minimum absolute atomic E-state index is 0.0831. The van der Waals surface area contributed by atoms with Crippen molar-refractivity contribution in [3.05, 3.63) is 0 Å². The zero-order chi connectivity index (χ0) is 14.6. The number of carbonyl (C=O) groups is 2. The molecule has 114 valence electrons. The number of rotatable bonds is 5. The third-order valence-corrected chi connectivity index (χ3v) is 4.84. The lowest BCUT2D eigenvalue weighted by Crippen LogP contribution is -2.70. The van der Waals surface area contributed by atoms with Crippen molar-refractivity contribution in [2.24, 2.45) is 0 Å². The first-order chi connectivity index (χ1) is 9.62. The lowest BCUT2D eigenvalue weighted by molar-refractivity contribution is -0.159. The predicted molar refractivity (Wildman–Crippen MR) is 79.3 cm³/mol. The fourth-order valence-electron chi connectivity index (χ4n) is 3.61. The van der Waals surface area contributed by atoms with E-state index in [9.17, 15) is 9.59 Å². The van der Waals surface area contributed by atoms with Crippen LogP contribution in [0.4, 0.5) is 0 Å². The highest BCUT2D eigenvalue weighted by molar-refractivity contribution is 5.99. The molecule has 1 spiro atoms. The van der Waals surface area contributed by atoms with Crippen molar-refractivity contribution in [2.45, 2.75) is 83.2 Å². The molecule has 1 aliphatic heterocycles. The Morgan fingerprint density at radius 1 is 1.15 bits per heavy atom. The van der Waals surface area contributed by atoms with Gasteiger partial charge in [-0.3, -0.25) is 9.59 Å². The Labute approximate surface area is 122 Å². The molecule has 2 rings (SSSR count). The number of carbonyl (C=O) groups excluding carboxylic acids is 2. The quantitative estimate of drug-likeness (QED) is 0.787. The average Bonchev–Trinajstić information content (AvgIpc) is 2.46. The molecule has 1 saturated heterocycles. The second kappa shape index (κ2) is 6.59. The minimum atomic E-state index is -0.534. The Balaban J connectivity index is 2.11. The van der Waals surface area contributed by atoms with Crippen LogP contribution in [0.25, 0.3) is 0 Å². The highest BCUT2D eigenvalue weighted by atomic mass is 16.2.